The predicted molar refractivity (Wildman–Crippen MR) is 121 cm³/mol. The molecule has 0 radical (unpaired) electrons. The number of anilines is 2. The second-order valence-electron chi connectivity index (χ2n) is 7.22. The molecule has 28 heavy (non-hydrogen) atoms. The van der Waals surface area contributed by atoms with Crippen LogP contribution in [0.4, 0.5) is 11.4 Å². The van der Waals surface area contributed by atoms with Gasteiger partial charge in [-0.05, 0) is 68.4 Å². The lowest BCUT2D eigenvalue weighted by Crippen LogP contribution is -2.32. The summed E-state index contributed by atoms with van der Waals surface area (Å²) >= 11 is 5.90. The number of hydrogen-bond acceptors (Lipinski definition) is 2. The Balaban J connectivity index is 1.65. The molecule has 0 aromatic heterocycles. The molecule has 0 atom stereocenters. The van der Waals surface area contributed by atoms with E-state index in [0.717, 1.165) is 35.4 Å². The average Bonchev–Trinajstić information content (AvgIpc) is 3.03. The molecule has 142 valence electrons. The van der Waals surface area contributed by atoms with Crippen molar-refractivity contribution in [2.24, 2.45) is 0 Å². The van der Waals surface area contributed by atoms with Gasteiger partial charge in [0.15, 0.2) is 10.9 Å². The first-order valence-corrected chi connectivity index (χ1v) is 9.94. The fraction of sp³-hybridized carbons (Fsp3) is 0.208. The Morgan fingerprint density at radius 2 is 1.39 bits per heavy atom. The summed E-state index contributed by atoms with van der Waals surface area (Å²) < 4.78 is 6.15. The molecule has 0 spiro atoms. The van der Waals surface area contributed by atoms with Crippen LogP contribution in [0, 0.1) is 20.8 Å². The molecule has 0 bridgehead atoms. The molecule has 3 aromatic rings. The molecule has 3 aromatic carbocycles. The minimum atomic E-state index is 0.815. The summed E-state index contributed by atoms with van der Waals surface area (Å²) in [6.07, 6.45) is 0. The van der Waals surface area contributed by atoms with Gasteiger partial charge < -0.3 is 14.5 Å². The summed E-state index contributed by atoms with van der Waals surface area (Å²) in [6, 6.07) is 22.4. The van der Waals surface area contributed by atoms with Crippen molar-refractivity contribution in [1.82, 2.24) is 0 Å². The van der Waals surface area contributed by atoms with Gasteiger partial charge in [0.05, 0.1) is 5.69 Å². The number of benzene rings is 3. The topological polar surface area (TPSA) is 15.7 Å². The van der Waals surface area contributed by atoms with Gasteiger partial charge in [0.1, 0.15) is 5.75 Å². The van der Waals surface area contributed by atoms with Gasteiger partial charge in [-0.15, -0.1) is 0 Å². The Labute approximate surface area is 172 Å². The lowest BCUT2D eigenvalue weighted by molar-refractivity contribution is 0.483. The number of rotatable bonds is 4. The normalized spacial score (nSPS) is 13.9. The molecular formula is C24H24N2OS. The molecule has 0 saturated carbocycles. The number of thiocarbonyl (C=S) groups is 1. The van der Waals surface area contributed by atoms with E-state index in [-0.39, 0.29) is 0 Å². The van der Waals surface area contributed by atoms with Crippen LogP contribution in [0.15, 0.2) is 66.7 Å². The van der Waals surface area contributed by atoms with Crippen LogP contribution in [0.5, 0.6) is 11.5 Å². The highest BCUT2D eigenvalue weighted by molar-refractivity contribution is 7.80. The van der Waals surface area contributed by atoms with Crippen LogP contribution in [0.2, 0.25) is 0 Å². The number of nitrogens with zero attached hydrogens (tertiary/aromatic N) is 2. The van der Waals surface area contributed by atoms with Crippen molar-refractivity contribution in [2.45, 2.75) is 20.8 Å². The lowest BCUT2D eigenvalue weighted by Gasteiger charge is -2.26. The molecular weight excluding hydrogens is 364 g/mol. The van der Waals surface area contributed by atoms with E-state index < -0.39 is 0 Å². The number of aryl methyl sites for hydroxylation is 3. The second-order valence-corrected chi connectivity index (χ2v) is 7.58. The van der Waals surface area contributed by atoms with Gasteiger partial charge in [-0.2, -0.15) is 0 Å². The molecule has 3 nitrogen and oxygen atoms in total. The summed E-state index contributed by atoms with van der Waals surface area (Å²) in [7, 11) is 0. The third kappa shape index (κ3) is 3.48. The molecule has 1 heterocycles. The van der Waals surface area contributed by atoms with E-state index in [1.807, 2.05) is 48.5 Å². The van der Waals surface area contributed by atoms with E-state index in [2.05, 4.69) is 48.8 Å². The first-order chi connectivity index (χ1) is 13.5. The largest absolute Gasteiger partial charge is 0.455 e. The minimum Gasteiger partial charge on any atom is -0.455 e. The van der Waals surface area contributed by atoms with Crippen molar-refractivity contribution in [3.8, 4) is 11.5 Å². The standard InChI is InChI=1S/C24H24N2OS/c1-17-15-18(2)23(19(3)16-17)26-14-13-25(24(26)28)21-11-7-8-12-22(21)27-20-9-5-4-6-10-20/h4-12,15-16H,13-14H2,1-3H3. The molecule has 0 amide bonds. The molecule has 4 rings (SSSR count). The second kappa shape index (κ2) is 7.64. The van der Waals surface area contributed by atoms with Crippen LogP contribution in [-0.4, -0.2) is 18.2 Å². The molecule has 1 fully saturated rings. The number of hydrogen-bond donors (Lipinski definition) is 0. The maximum Gasteiger partial charge on any atom is 0.180 e. The molecule has 0 N–H and O–H groups in total. The van der Waals surface area contributed by atoms with Crippen molar-refractivity contribution >= 4 is 28.7 Å². The quantitative estimate of drug-likeness (QED) is 0.508. The smallest absolute Gasteiger partial charge is 0.180 e. The molecule has 0 unspecified atom stereocenters. The van der Waals surface area contributed by atoms with Gasteiger partial charge in [0.25, 0.3) is 0 Å². The highest BCUT2D eigenvalue weighted by Gasteiger charge is 2.30. The summed E-state index contributed by atoms with van der Waals surface area (Å²) in [4.78, 5) is 4.42. The van der Waals surface area contributed by atoms with Crippen molar-refractivity contribution < 1.29 is 4.74 Å². The van der Waals surface area contributed by atoms with Gasteiger partial charge in [-0.25, -0.2) is 0 Å². The number of ether oxygens (including phenoxy) is 1. The Bertz CT molecular complexity index is 993. The zero-order valence-corrected chi connectivity index (χ0v) is 17.3. The van der Waals surface area contributed by atoms with Gasteiger partial charge in [-0.1, -0.05) is 48.0 Å². The first kappa shape index (κ1) is 18.5. The summed E-state index contributed by atoms with van der Waals surface area (Å²) in [5, 5.41) is 0.819. The zero-order valence-electron chi connectivity index (χ0n) is 16.5. The Morgan fingerprint density at radius 1 is 0.786 bits per heavy atom. The summed E-state index contributed by atoms with van der Waals surface area (Å²) in [5.41, 5.74) is 6.02. The maximum absolute atomic E-state index is 6.15. The van der Waals surface area contributed by atoms with Crippen LogP contribution >= 0.6 is 12.2 Å². The zero-order chi connectivity index (χ0) is 19.7. The molecule has 1 aliphatic heterocycles. The van der Waals surface area contributed by atoms with Crippen LogP contribution in [0.25, 0.3) is 0 Å². The fourth-order valence-electron chi connectivity index (χ4n) is 3.95. The predicted octanol–water partition coefficient (Wildman–Crippen LogP) is 6.02. The van der Waals surface area contributed by atoms with E-state index in [1.54, 1.807) is 0 Å². The van der Waals surface area contributed by atoms with Gasteiger partial charge in [-0.3, -0.25) is 0 Å². The minimum absolute atomic E-state index is 0.815. The van der Waals surface area contributed by atoms with E-state index in [9.17, 15) is 0 Å². The molecule has 1 saturated heterocycles. The highest BCUT2D eigenvalue weighted by atomic mass is 32.1. The van der Waals surface area contributed by atoms with Gasteiger partial charge in [0, 0.05) is 18.8 Å². The van der Waals surface area contributed by atoms with E-state index in [0.29, 0.717) is 0 Å². The number of para-hydroxylation sites is 3. The van der Waals surface area contributed by atoms with Crippen molar-refractivity contribution in [3.63, 3.8) is 0 Å². The van der Waals surface area contributed by atoms with Crippen LogP contribution in [0.3, 0.4) is 0 Å². The Morgan fingerprint density at radius 3 is 2.11 bits per heavy atom. The summed E-state index contributed by atoms with van der Waals surface area (Å²) in [5.74, 6) is 1.64. The van der Waals surface area contributed by atoms with Gasteiger partial charge in [0.2, 0.25) is 0 Å². The van der Waals surface area contributed by atoms with E-state index >= 15 is 0 Å². The monoisotopic (exact) mass is 388 g/mol. The van der Waals surface area contributed by atoms with E-state index in [1.165, 1.54) is 22.4 Å². The molecule has 4 heteroatoms. The third-order valence-corrected chi connectivity index (χ3v) is 5.48. The first-order valence-electron chi connectivity index (χ1n) is 9.53. The van der Waals surface area contributed by atoms with Crippen LogP contribution < -0.4 is 14.5 Å². The van der Waals surface area contributed by atoms with Gasteiger partial charge >= 0.3 is 0 Å². The van der Waals surface area contributed by atoms with E-state index in [4.69, 9.17) is 17.0 Å². The third-order valence-electron chi connectivity index (χ3n) is 5.04. The maximum atomic E-state index is 6.15. The van der Waals surface area contributed by atoms with Crippen molar-refractivity contribution in [2.75, 3.05) is 22.9 Å². The van der Waals surface area contributed by atoms with Crippen molar-refractivity contribution in [3.05, 3.63) is 83.4 Å². The SMILES string of the molecule is Cc1cc(C)c(N2CCN(c3ccccc3Oc3ccccc3)C2=S)c(C)c1. The summed E-state index contributed by atoms with van der Waals surface area (Å²) in [6.45, 7) is 8.15. The fourth-order valence-corrected chi connectivity index (χ4v) is 4.32. The Hall–Kier alpha value is -2.85. The Kier molecular flexibility index (Phi) is 5.05. The highest BCUT2D eigenvalue weighted by Crippen LogP contribution is 2.36. The van der Waals surface area contributed by atoms with Crippen LogP contribution in [0.1, 0.15) is 16.7 Å². The molecule has 1 aliphatic rings. The van der Waals surface area contributed by atoms with Crippen molar-refractivity contribution in [1.29, 1.82) is 0 Å². The average molecular weight is 389 g/mol. The lowest BCUT2D eigenvalue weighted by atomic mass is 10.0. The van der Waals surface area contributed by atoms with Crippen LogP contribution in [-0.2, 0) is 0 Å². The molecule has 0 aliphatic carbocycles.